The van der Waals surface area contributed by atoms with E-state index >= 15 is 0 Å². The van der Waals surface area contributed by atoms with Gasteiger partial charge in [-0.15, -0.1) is 0 Å². The summed E-state index contributed by atoms with van der Waals surface area (Å²) >= 11 is 0. The summed E-state index contributed by atoms with van der Waals surface area (Å²) in [5.74, 6) is 0.763. The third-order valence-electron chi connectivity index (χ3n) is 6.48. The Hall–Kier alpha value is -3.63. The van der Waals surface area contributed by atoms with Crippen molar-refractivity contribution in [1.82, 2.24) is 33.8 Å². The predicted octanol–water partition coefficient (Wildman–Crippen LogP) is 1.40. The average molecular weight is 590 g/mol. The fourth-order valence-electron chi connectivity index (χ4n) is 4.32. The van der Waals surface area contributed by atoms with Crippen LogP contribution in [-0.4, -0.2) is 87.9 Å². The molecule has 1 amide bonds. The van der Waals surface area contributed by atoms with Gasteiger partial charge in [-0.1, -0.05) is 0 Å². The van der Waals surface area contributed by atoms with Gasteiger partial charge in [0.1, 0.15) is 11.6 Å². The van der Waals surface area contributed by atoms with Crippen LogP contribution < -0.4 is 16.0 Å². The minimum absolute atomic E-state index is 0.0168. The summed E-state index contributed by atoms with van der Waals surface area (Å²) in [5, 5.41) is 12.9. The zero-order valence-electron chi connectivity index (χ0n) is 22.3. The van der Waals surface area contributed by atoms with Gasteiger partial charge in [0.25, 0.3) is 15.9 Å². The van der Waals surface area contributed by atoms with Crippen LogP contribution >= 0.6 is 0 Å². The smallest absolute Gasteiger partial charge is 0.256 e. The van der Waals surface area contributed by atoms with Gasteiger partial charge in [-0.2, -0.15) is 9.19 Å². The molecule has 3 aromatic rings. The average Bonchev–Trinajstić information content (AvgIpc) is 3.43. The first kappa shape index (κ1) is 27.9. The van der Waals surface area contributed by atoms with Crippen molar-refractivity contribution in [2.24, 2.45) is 0 Å². The topological polar surface area (TPSA) is 181 Å². The van der Waals surface area contributed by atoms with Crippen LogP contribution in [0.3, 0.4) is 0 Å². The Bertz CT molecular complexity index is 1640. The summed E-state index contributed by atoms with van der Waals surface area (Å²) in [6, 6.07) is 3.05. The molecule has 14 nitrogen and oxygen atoms in total. The molecule has 1 atom stereocenters. The van der Waals surface area contributed by atoms with Gasteiger partial charge in [0.15, 0.2) is 5.82 Å². The third kappa shape index (κ3) is 6.23. The minimum atomic E-state index is -3.50. The molecule has 1 saturated carbocycles. The van der Waals surface area contributed by atoms with Crippen molar-refractivity contribution < 1.29 is 21.6 Å². The monoisotopic (exact) mass is 589 g/mol. The van der Waals surface area contributed by atoms with Crippen molar-refractivity contribution in [1.29, 1.82) is 0 Å². The Morgan fingerprint density at radius 1 is 1.07 bits per heavy atom. The maximum atomic E-state index is 13.1. The summed E-state index contributed by atoms with van der Waals surface area (Å²) in [6.45, 7) is 4.47. The fourth-order valence-corrected chi connectivity index (χ4v) is 6.69. The number of amides is 1. The van der Waals surface area contributed by atoms with E-state index < -0.39 is 20.0 Å². The van der Waals surface area contributed by atoms with Gasteiger partial charge in [-0.05, 0) is 39.2 Å². The lowest BCUT2D eigenvalue weighted by Crippen LogP contribution is -2.38. The number of nitrogens with one attached hydrogen (secondary N) is 3. The Morgan fingerprint density at radius 2 is 1.85 bits per heavy atom. The first-order valence-electron chi connectivity index (χ1n) is 12.8. The van der Waals surface area contributed by atoms with Gasteiger partial charge in [0.2, 0.25) is 10.0 Å². The van der Waals surface area contributed by atoms with E-state index in [0.717, 1.165) is 10.3 Å². The molecule has 1 unspecified atom stereocenters. The van der Waals surface area contributed by atoms with Crippen LogP contribution in [0.2, 0.25) is 0 Å². The molecule has 0 aromatic carbocycles. The normalized spacial score (nSPS) is 18.1. The van der Waals surface area contributed by atoms with Crippen LogP contribution in [0.4, 0.5) is 17.3 Å². The van der Waals surface area contributed by atoms with Crippen LogP contribution in [0.15, 0.2) is 36.9 Å². The van der Waals surface area contributed by atoms with Crippen molar-refractivity contribution in [3.63, 3.8) is 0 Å². The van der Waals surface area contributed by atoms with Crippen LogP contribution in [0.5, 0.6) is 0 Å². The van der Waals surface area contributed by atoms with E-state index in [1.54, 1.807) is 12.1 Å². The molecule has 2 fully saturated rings. The SMILES string of the molecule is CC(C)Nc1cc(Nc2ccnc(-c3cnn(S(=O)(=O)C4CC4)c3)n2)ncc1C(=O)NC1CCN(S(C)(=O)=O)C1. The Balaban J connectivity index is 1.32. The number of sulfonamides is 1. The number of aromatic nitrogens is 5. The number of anilines is 3. The van der Waals surface area contributed by atoms with Gasteiger partial charge in [0.05, 0.1) is 40.7 Å². The highest BCUT2D eigenvalue weighted by Crippen LogP contribution is 2.30. The summed E-state index contributed by atoms with van der Waals surface area (Å²) in [7, 11) is -6.81. The predicted molar refractivity (Wildman–Crippen MR) is 149 cm³/mol. The summed E-state index contributed by atoms with van der Waals surface area (Å²) in [5.41, 5.74) is 1.32. The molecule has 16 heteroatoms. The van der Waals surface area contributed by atoms with Gasteiger partial charge in [-0.3, -0.25) is 4.79 Å². The Morgan fingerprint density at radius 3 is 2.52 bits per heavy atom. The highest BCUT2D eigenvalue weighted by molar-refractivity contribution is 7.90. The minimum Gasteiger partial charge on any atom is -0.382 e. The molecule has 0 radical (unpaired) electrons. The number of rotatable bonds is 10. The lowest BCUT2D eigenvalue weighted by Gasteiger charge is -2.18. The lowest BCUT2D eigenvalue weighted by molar-refractivity contribution is 0.0939. The van der Waals surface area contributed by atoms with Crippen LogP contribution in [0.25, 0.3) is 11.4 Å². The quantitative estimate of drug-likeness (QED) is 0.311. The van der Waals surface area contributed by atoms with Crippen LogP contribution in [-0.2, 0) is 20.0 Å². The maximum Gasteiger partial charge on any atom is 0.256 e. The molecule has 2 aliphatic rings. The molecule has 214 valence electrons. The number of pyridine rings is 1. The maximum absolute atomic E-state index is 13.1. The molecule has 4 heterocycles. The number of hydrogen-bond donors (Lipinski definition) is 3. The van der Waals surface area contributed by atoms with E-state index in [0.29, 0.717) is 60.1 Å². The van der Waals surface area contributed by atoms with Crippen molar-refractivity contribution in [2.75, 3.05) is 30.0 Å². The summed E-state index contributed by atoms with van der Waals surface area (Å²) in [6.07, 6.45) is 8.75. The highest BCUT2D eigenvalue weighted by atomic mass is 32.2. The van der Waals surface area contributed by atoms with Gasteiger partial charge >= 0.3 is 0 Å². The van der Waals surface area contributed by atoms with Crippen molar-refractivity contribution in [3.05, 3.63) is 42.5 Å². The zero-order chi connectivity index (χ0) is 28.7. The second-order valence-corrected chi connectivity index (χ2v) is 14.3. The standard InChI is InChI=1S/C24H31N9O5S2/c1-15(2)28-20-10-22(26-12-19(20)24(34)29-17-7-9-32(14-17)39(3,35)36)30-21-6-8-25-23(31-21)16-11-27-33(13-16)40(37,38)18-4-5-18/h6,8,10-13,15,17-18H,4-5,7,9,14H2,1-3H3,(H,29,34)(H2,25,26,28,30,31). The van der Waals surface area contributed by atoms with Gasteiger partial charge in [-0.25, -0.2) is 36.1 Å². The van der Waals surface area contributed by atoms with E-state index in [1.165, 1.54) is 29.1 Å². The van der Waals surface area contributed by atoms with Gasteiger partial charge < -0.3 is 16.0 Å². The molecule has 1 saturated heterocycles. The second kappa shape index (κ2) is 10.7. The van der Waals surface area contributed by atoms with E-state index in [-0.39, 0.29) is 29.8 Å². The molecule has 0 spiro atoms. The zero-order valence-corrected chi connectivity index (χ0v) is 23.9. The molecular weight excluding hydrogens is 558 g/mol. The number of hydrogen-bond acceptors (Lipinski definition) is 11. The molecular formula is C24H31N9O5S2. The van der Waals surface area contributed by atoms with Crippen LogP contribution in [0, 0.1) is 0 Å². The van der Waals surface area contributed by atoms with Crippen LogP contribution in [0.1, 0.15) is 43.5 Å². The first-order valence-corrected chi connectivity index (χ1v) is 16.2. The molecule has 0 bridgehead atoms. The van der Waals surface area contributed by atoms with E-state index in [4.69, 9.17) is 0 Å². The number of carbonyl (C=O) groups is 1. The Labute approximate surface area is 232 Å². The van der Waals surface area contributed by atoms with E-state index in [1.807, 2.05) is 13.8 Å². The molecule has 1 aliphatic carbocycles. The van der Waals surface area contributed by atoms with Crippen molar-refractivity contribution in [3.8, 4) is 11.4 Å². The number of nitrogens with zero attached hydrogens (tertiary/aromatic N) is 6. The molecule has 3 aromatic heterocycles. The first-order chi connectivity index (χ1) is 18.9. The largest absolute Gasteiger partial charge is 0.382 e. The molecule has 3 N–H and O–H groups in total. The van der Waals surface area contributed by atoms with Gasteiger partial charge in [0, 0.05) is 43.6 Å². The molecule has 1 aliphatic heterocycles. The molecule has 40 heavy (non-hydrogen) atoms. The number of carbonyl (C=O) groups excluding carboxylic acids is 1. The highest BCUT2D eigenvalue weighted by Gasteiger charge is 2.37. The second-order valence-electron chi connectivity index (χ2n) is 10.2. The molecule has 5 rings (SSSR count). The fraction of sp³-hybridized carbons (Fsp3) is 0.458. The summed E-state index contributed by atoms with van der Waals surface area (Å²) in [4.78, 5) is 26.2. The Kier molecular flexibility index (Phi) is 7.50. The third-order valence-corrected chi connectivity index (χ3v) is 9.79. The van der Waals surface area contributed by atoms with E-state index in [2.05, 4.69) is 36.0 Å². The lowest BCUT2D eigenvalue weighted by atomic mass is 10.1. The van der Waals surface area contributed by atoms with Crippen molar-refractivity contribution in [2.45, 2.75) is 50.4 Å². The van der Waals surface area contributed by atoms with Crippen molar-refractivity contribution >= 4 is 43.3 Å². The van der Waals surface area contributed by atoms with E-state index in [9.17, 15) is 21.6 Å². The summed E-state index contributed by atoms with van der Waals surface area (Å²) < 4.78 is 50.9.